The SMILES string of the molecule is CC[CH]([Co][CH2][CH]([Co][CH2]C(C)c1ccc2c(c1)CC2)c1ccc([Si](C)(C)C)cc1)c1ccccc1. The minimum atomic E-state index is -1.27. The van der Waals surface area contributed by atoms with Crippen molar-refractivity contribution in [1.29, 1.82) is 0 Å². The van der Waals surface area contributed by atoms with Crippen LogP contribution in [-0.4, -0.2) is 8.07 Å². The van der Waals surface area contributed by atoms with Crippen LogP contribution in [0.4, 0.5) is 0 Å². The molecule has 0 aliphatic heterocycles. The van der Waals surface area contributed by atoms with Crippen molar-refractivity contribution in [2.75, 3.05) is 0 Å². The molecular formula is C31H40Co2Si. The molecule has 0 radical (unpaired) electrons. The molecule has 0 N–H and O–H groups in total. The molecule has 3 heteroatoms. The monoisotopic (exact) mass is 558 g/mol. The van der Waals surface area contributed by atoms with E-state index < -0.39 is 8.07 Å². The Hall–Kier alpha value is -1.11. The van der Waals surface area contributed by atoms with E-state index in [0.29, 0.717) is 15.6 Å². The van der Waals surface area contributed by atoms with Crippen molar-refractivity contribution in [1.82, 2.24) is 0 Å². The van der Waals surface area contributed by atoms with Crippen LogP contribution in [0.25, 0.3) is 0 Å². The van der Waals surface area contributed by atoms with Crippen molar-refractivity contribution in [3.63, 3.8) is 0 Å². The summed E-state index contributed by atoms with van der Waals surface area (Å²) in [4.78, 5) is 1.22. The average Bonchev–Trinajstić information content (AvgIpc) is 2.82. The average molecular weight is 559 g/mol. The molecule has 34 heavy (non-hydrogen) atoms. The number of hydrogen-bond acceptors (Lipinski definition) is 0. The van der Waals surface area contributed by atoms with Gasteiger partial charge in [-0.3, -0.25) is 0 Å². The molecule has 0 aromatic heterocycles. The predicted octanol–water partition coefficient (Wildman–Crippen LogP) is 8.33. The number of fused-ring (bicyclic) bond motifs is 1. The first-order chi connectivity index (χ1) is 16.3. The minimum absolute atomic E-state index is 0.596. The molecular weight excluding hydrogens is 518 g/mol. The Kier molecular flexibility index (Phi) is 8.97. The van der Waals surface area contributed by atoms with Crippen molar-refractivity contribution in [3.8, 4) is 0 Å². The van der Waals surface area contributed by atoms with E-state index in [1.807, 2.05) is 0 Å². The van der Waals surface area contributed by atoms with E-state index in [2.05, 4.69) is 106 Å². The van der Waals surface area contributed by atoms with Gasteiger partial charge in [0.15, 0.2) is 0 Å². The second-order valence-corrected chi connectivity index (χ2v) is 18.8. The number of rotatable bonds is 11. The van der Waals surface area contributed by atoms with Gasteiger partial charge in [-0.1, -0.05) is 0 Å². The standard InChI is InChI=1S/C11H16Si.C11H13.C9H11.2Co/c1-5-10-6-8-11(9-7-10)12(2,3)4;1-8(2)10-5-3-9-4-6-11(9)7-10;1-2-6-9-7-4-3-5-8-9;;/h5-9H,1H2,2-4H3;3,5,7-8H,1,4,6H2,2H3;3-8H,2H2,1H3;;. The first kappa shape index (κ1) is 26.0. The van der Waals surface area contributed by atoms with Crippen LogP contribution in [0.5, 0.6) is 0 Å². The van der Waals surface area contributed by atoms with Gasteiger partial charge >= 0.3 is 222 Å². The fraction of sp³-hybridized carbons (Fsp3) is 0.419. The first-order valence-corrected chi connectivity index (χ1v) is 18.8. The summed E-state index contributed by atoms with van der Waals surface area (Å²) in [5.41, 5.74) is 7.71. The van der Waals surface area contributed by atoms with E-state index in [4.69, 9.17) is 0 Å². The number of benzene rings is 3. The molecule has 0 nitrogen and oxygen atoms in total. The summed E-state index contributed by atoms with van der Waals surface area (Å²) in [6.07, 6.45) is 3.75. The number of aryl methyl sites for hydroxylation is 2. The quantitative estimate of drug-likeness (QED) is 0.208. The molecule has 1 aliphatic rings. The van der Waals surface area contributed by atoms with Crippen molar-refractivity contribution in [3.05, 3.63) is 101 Å². The van der Waals surface area contributed by atoms with Gasteiger partial charge in [-0.2, -0.15) is 0 Å². The molecule has 3 unspecified atom stereocenters. The van der Waals surface area contributed by atoms with Crippen LogP contribution < -0.4 is 5.19 Å². The Morgan fingerprint density at radius 2 is 1.32 bits per heavy atom. The van der Waals surface area contributed by atoms with Gasteiger partial charge in [0.05, 0.1) is 0 Å². The normalized spacial score (nSPS) is 16.0. The van der Waals surface area contributed by atoms with E-state index in [9.17, 15) is 0 Å². The summed E-state index contributed by atoms with van der Waals surface area (Å²) < 4.78 is 0. The summed E-state index contributed by atoms with van der Waals surface area (Å²) in [6, 6.07) is 28.1. The Labute approximate surface area is 221 Å². The molecule has 0 spiro atoms. The molecule has 3 aromatic carbocycles. The van der Waals surface area contributed by atoms with Crippen molar-refractivity contribution < 1.29 is 29.4 Å². The molecule has 0 saturated carbocycles. The molecule has 0 bridgehead atoms. The Balaban J connectivity index is 1.47. The van der Waals surface area contributed by atoms with Crippen molar-refractivity contribution in [2.45, 2.75) is 79.1 Å². The third kappa shape index (κ3) is 6.55. The zero-order valence-electron chi connectivity index (χ0n) is 21.4. The molecule has 0 saturated heterocycles. The Morgan fingerprint density at radius 1 is 0.706 bits per heavy atom. The van der Waals surface area contributed by atoms with E-state index >= 15 is 0 Å². The van der Waals surface area contributed by atoms with E-state index in [0.717, 1.165) is 0 Å². The topological polar surface area (TPSA) is 0 Å². The molecule has 1 aliphatic carbocycles. The molecule has 0 amide bonds. The fourth-order valence-corrected chi connectivity index (χ4v) is 9.27. The summed E-state index contributed by atoms with van der Waals surface area (Å²) in [5.74, 6) is 0.613. The first-order valence-electron chi connectivity index (χ1n) is 12.7. The van der Waals surface area contributed by atoms with E-state index in [1.165, 1.54) is 46.7 Å². The fourth-order valence-electron chi connectivity index (χ4n) is 4.41. The van der Waals surface area contributed by atoms with Gasteiger partial charge in [-0.05, 0) is 0 Å². The van der Waals surface area contributed by atoms with Crippen LogP contribution in [0.1, 0.15) is 63.7 Å². The second kappa shape index (κ2) is 11.7. The van der Waals surface area contributed by atoms with Gasteiger partial charge in [0.1, 0.15) is 0 Å². The molecule has 3 atom stereocenters. The summed E-state index contributed by atoms with van der Waals surface area (Å²) in [7, 11) is -1.27. The van der Waals surface area contributed by atoms with Crippen LogP contribution in [0, 0.1) is 0 Å². The van der Waals surface area contributed by atoms with Crippen molar-refractivity contribution >= 4 is 13.3 Å². The predicted molar refractivity (Wildman–Crippen MR) is 144 cm³/mol. The van der Waals surface area contributed by atoms with Crippen LogP contribution in [0.15, 0.2) is 72.8 Å². The van der Waals surface area contributed by atoms with Gasteiger partial charge in [0.2, 0.25) is 0 Å². The van der Waals surface area contributed by atoms with Gasteiger partial charge in [0.25, 0.3) is 0 Å². The second-order valence-electron chi connectivity index (χ2n) is 10.5. The maximum absolute atomic E-state index is 2.48. The molecule has 0 heterocycles. The third-order valence-electron chi connectivity index (χ3n) is 6.88. The third-order valence-corrected chi connectivity index (χ3v) is 13.2. The van der Waals surface area contributed by atoms with Gasteiger partial charge in [-0.15, -0.1) is 0 Å². The van der Waals surface area contributed by atoms with Gasteiger partial charge in [0, 0.05) is 0 Å². The summed E-state index contributed by atoms with van der Waals surface area (Å²) in [6.45, 7) is 12.1. The Bertz CT molecular complexity index is 1050. The summed E-state index contributed by atoms with van der Waals surface area (Å²) >= 11 is 3.20. The van der Waals surface area contributed by atoms with Gasteiger partial charge in [-0.25, -0.2) is 0 Å². The van der Waals surface area contributed by atoms with Gasteiger partial charge < -0.3 is 0 Å². The molecule has 186 valence electrons. The van der Waals surface area contributed by atoms with E-state index in [-0.39, 0.29) is 0 Å². The number of hydrogen-bond donors (Lipinski definition) is 0. The van der Waals surface area contributed by atoms with Crippen molar-refractivity contribution in [2.24, 2.45) is 0 Å². The van der Waals surface area contributed by atoms with E-state index in [1.54, 1.807) is 45.7 Å². The molecule has 3 aromatic rings. The Morgan fingerprint density at radius 3 is 1.91 bits per heavy atom. The molecule has 4 rings (SSSR count). The van der Waals surface area contributed by atoms with Crippen LogP contribution in [-0.2, 0) is 42.2 Å². The summed E-state index contributed by atoms with van der Waals surface area (Å²) in [5, 5.41) is 4.02. The van der Waals surface area contributed by atoms with Crippen LogP contribution in [0.2, 0.25) is 30.4 Å². The molecule has 0 fully saturated rings. The van der Waals surface area contributed by atoms with Crippen LogP contribution >= 0.6 is 0 Å². The zero-order valence-corrected chi connectivity index (χ0v) is 24.4. The zero-order chi connectivity index (χ0) is 24.1. The van der Waals surface area contributed by atoms with Crippen LogP contribution in [0.3, 0.4) is 0 Å². The maximum atomic E-state index is 2.48.